The van der Waals surface area contributed by atoms with E-state index in [1.807, 2.05) is 61.5 Å². The first kappa shape index (κ1) is 24.1. The highest BCUT2D eigenvalue weighted by Crippen LogP contribution is 2.32. The largest absolute Gasteiger partial charge is 0.493 e. The fourth-order valence-electron chi connectivity index (χ4n) is 3.22. The Morgan fingerprint density at radius 1 is 1.00 bits per heavy atom. The molecule has 0 saturated carbocycles. The second-order valence-electron chi connectivity index (χ2n) is 7.36. The zero-order valence-electron chi connectivity index (χ0n) is 18.9. The molecule has 0 spiro atoms. The summed E-state index contributed by atoms with van der Waals surface area (Å²) >= 11 is 0. The molecule has 0 aliphatic rings. The van der Waals surface area contributed by atoms with Gasteiger partial charge in [0.05, 0.1) is 13.2 Å². The van der Waals surface area contributed by atoms with Crippen molar-refractivity contribution in [3.63, 3.8) is 0 Å². The summed E-state index contributed by atoms with van der Waals surface area (Å²) in [5, 5.41) is 15.2. The van der Waals surface area contributed by atoms with Gasteiger partial charge in [-0.2, -0.15) is 5.26 Å². The van der Waals surface area contributed by atoms with Gasteiger partial charge in [0.2, 0.25) is 0 Å². The molecular formula is C27H25N3O4. The van der Waals surface area contributed by atoms with Crippen LogP contribution in [0.3, 0.4) is 0 Å². The van der Waals surface area contributed by atoms with Gasteiger partial charge in [-0.25, -0.2) is 0 Å². The molecule has 3 aromatic carbocycles. The molecule has 0 saturated heterocycles. The van der Waals surface area contributed by atoms with Crippen LogP contribution < -0.4 is 20.1 Å². The highest BCUT2D eigenvalue weighted by Gasteiger charge is 2.17. The van der Waals surface area contributed by atoms with Crippen LogP contribution in [0.2, 0.25) is 0 Å². The maximum Gasteiger partial charge on any atom is 0.262 e. The minimum Gasteiger partial charge on any atom is -0.493 e. The number of carbonyl (C=O) groups is 2. The van der Waals surface area contributed by atoms with Crippen LogP contribution in [-0.4, -0.2) is 25.5 Å². The molecule has 0 unspecified atom stereocenters. The van der Waals surface area contributed by atoms with Gasteiger partial charge >= 0.3 is 0 Å². The van der Waals surface area contributed by atoms with Crippen molar-refractivity contribution in [2.75, 3.05) is 19.0 Å². The zero-order valence-corrected chi connectivity index (χ0v) is 18.9. The topological polar surface area (TPSA) is 100 Å². The normalized spacial score (nSPS) is 11.6. The maximum absolute atomic E-state index is 12.8. The minimum absolute atomic E-state index is 0.102. The summed E-state index contributed by atoms with van der Waals surface area (Å²) in [6, 6.07) is 25.2. The summed E-state index contributed by atoms with van der Waals surface area (Å²) in [7, 11) is 1.47. The third-order valence-corrected chi connectivity index (χ3v) is 4.95. The van der Waals surface area contributed by atoms with Gasteiger partial charge in [-0.1, -0.05) is 60.7 Å². The van der Waals surface area contributed by atoms with Crippen molar-refractivity contribution in [3.8, 4) is 17.6 Å². The van der Waals surface area contributed by atoms with Crippen LogP contribution in [0.25, 0.3) is 6.08 Å². The fourth-order valence-corrected chi connectivity index (χ4v) is 3.22. The molecule has 0 radical (unpaired) electrons. The predicted octanol–water partition coefficient (Wildman–Crippen LogP) is 4.50. The number of rotatable bonds is 9. The lowest BCUT2D eigenvalue weighted by atomic mass is 10.1. The number of amides is 2. The van der Waals surface area contributed by atoms with E-state index in [0.717, 1.165) is 5.56 Å². The standard InChI is InChI=1S/C27H25N3O4/c1-19(20-10-5-3-6-11-20)29-27(32)22(17-28)16-21-12-9-15-24(33-2)26(21)34-18-25(31)30-23-13-7-4-8-14-23/h3-16,19H,18H2,1-2H3,(H,29,32)(H,30,31)/b22-16-/t19-/m1/s1. The molecule has 2 N–H and O–H groups in total. The van der Waals surface area contributed by atoms with Gasteiger partial charge in [0, 0.05) is 11.3 Å². The number of nitriles is 1. The third kappa shape index (κ3) is 6.47. The van der Waals surface area contributed by atoms with E-state index in [1.165, 1.54) is 13.2 Å². The Morgan fingerprint density at radius 3 is 2.32 bits per heavy atom. The molecular weight excluding hydrogens is 430 g/mol. The lowest BCUT2D eigenvalue weighted by Crippen LogP contribution is -2.27. The summed E-state index contributed by atoms with van der Waals surface area (Å²) in [6.45, 7) is 1.56. The van der Waals surface area contributed by atoms with E-state index in [-0.39, 0.29) is 29.9 Å². The Morgan fingerprint density at radius 2 is 1.68 bits per heavy atom. The molecule has 0 fully saturated rings. The Bertz CT molecular complexity index is 1200. The van der Waals surface area contributed by atoms with Crippen molar-refractivity contribution in [3.05, 3.63) is 95.6 Å². The van der Waals surface area contributed by atoms with Gasteiger partial charge in [-0.05, 0) is 36.8 Å². The molecule has 2 amide bonds. The molecule has 3 aromatic rings. The zero-order chi connectivity index (χ0) is 24.3. The number of nitrogens with zero attached hydrogens (tertiary/aromatic N) is 1. The Kier molecular flexibility index (Phi) is 8.42. The summed E-state index contributed by atoms with van der Waals surface area (Å²) < 4.78 is 11.1. The number of hydrogen-bond donors (Lipinski definition) is 2. The minimum atomic E-state index is -0.519. The van der Waals surface area contributed by atoms with Crippen LogP contribution in [0.4, 0.5) is 5.69 Å². The van der Waals surface area contributed by atoms with Crippen molar-refractivity contribution in [2.24, 2.45) is 0 Å². The van der Waals surface area contributed by atoms with Crippen LogP contribution >= 0.6 is 0 Å². The lowest BCUT2D eigenvalue weighted by Gasteiger charge is -2.15. The Labute approximate surface area is 198 Å². The first-order valence-corrected chi connectivity index (χ1v) is 10.6. The smallest absolute Gasteiger partial charge is 0.262 e. The molecule has 0 aliphatic carbocycles. The van der Waals surface area contributed by atoms with Gasteiger partial charge < -0.3 is 20.1 Å². The number of carbonyl (C=O) groups excluding carboxylic acids is 2. The molecule has 7 heteroatoms. The molecule has 0 bridgehead atoms. The summed E-state index contributed by atoms with van der Waals surface area (Å²) in [5.41, 5.74) is 1.90. The number of ether oxygens (including phenoxy) is 2. The number of benzene rings is 3. The van der Waals surface area contributed by atoms with E-state index in [9.17, 15) is 14.9 Å². The molecule has 7 nitrogen and oxygen atoms in total. The molecule has 0 heterocycles. The monoisotopic (exact) mass is 455 g/mol. The van der Waals surface area contributed by atoms with E-state index < -0.39 is 5.91 Å². The number of nitrogens with one attached hydrogen (secondary N) is 2. The van der Waals surface area contributed by atoms with E-state index in [0.29, 0.717) is 17.0 Å². The fraction of sp³-hybridized carbons (Fsp3) is 0.148. The first-order valence-electron chi connectivity index (χ1n) is 10.6. The van der Waals surface area contributed by atoms with Gasteiger partial charge in [-0.3, -0.25) is 9.59 Å². The van der Waals surface area contributed by atoms with Crippen molar-refractivity contribution < 1.29 is 19.1 Å². The van der Waals surface area contributed by atoms with E-state index in [4.69, 9.17) is 9.47 Å². The molecule has 0 aliphatic heterocycles. The Hall–Kier alpha value is -4.57. The van der Waals surface area contributed by atoms with Crippen molar-refractivity contribution >= 4 is 23.6 Å². The number of methoxy groups -OCH3 is 1. The highest BCUT2D eigenvalue weighted by atomic mass is 16.5. The second-order valence-corrected chi connectivity index (χ2v) is 7.36. The summed E-state index contributed by atoms with van der Waals surface area (Å²) in [6.07, 6.45) is 1.42. The number of hydrogen-bond acceptors (Lipinski definition) is 5. The maximum atomic E-state index is 12.8. The number of anilines is 1. The molecule has 172 valence electrons. The number of para-hydroxylation sites is 2. The van der Waals surface area contributed by atoms with Crippen LogP contribution in [0.15, 0.2) is 84.4 Å². The van der Waals surface area contributed by atoms with E-state index in [2.05, 4.69) is 10.6 Å². The van der Waals surface area contributed by atoms with Crippen LogP contribution in [0, 0.1) is 11.3 Å². The van der Waals surface area contributed by atoms with E-state index in [1.54, 1.807) is 30.3 Å². The van der Waals surface area contributed by atoms with Crippen LogP contribution in [0.1, 0.15) is 24.1 Å². The van der Waals surface area contributed by atoms with Crippen LogP contribution in [0.5, 0.6) is 11.5 Å². The van der Waals surface area contributed by atoms with Gasteiger partial charge in [0.15, 0.2) is 18.1 Å². The van der Waals surface area contributed by atoms with Gasteiger partial charge in [0.1, 0.15) is 11.6 Å². The Balaban J connectivity index is 1.77. The first-order chi connectivity index (χ1) is 16.5. The second kappa shape index (κ2) is 11.9. The molecule has 3 rings (SSSR count). The van der Waals surface area contributed by atoms with Crippen molar-refractivity contribution in [1.82, 2.24) is 5.32 Å². The summed E-state index contributed by atoms with van der Waals surface area (Å²) in [4.78, 5) is 25.1. The van der Waals surface area contributed by atoms with E-state index >= 15 is 0 Å². The van der Waals surface area contributed by atoms with Crippen LogP contribution in [-0.2, 0) is 9.59 Å². The summed E-state index contributed by atoms with van der Waals surface area (Å²) in [5.74, 6) is -0.252. The molecule has 0 aromatic heterocycles. The van der Waals surface area contributed by atoms with Crippen molar-refractivity contribution in [2.45, 2.75) is 13.0 Å². The average Bonchev–Trinajstić information content (AvgIpc) is 2.87. The van der Waals surface area contributed by atoms with Crippen molar-refractivity contribution in [1.29, 1.82) is 5.26 Å². The predicted molar refractivity (Wildman–Crippen MR) is 130 cm³/mol. The lowest BCUT2D eigenvalue weighted by molar-refractivity contribution is -0.118. The third-order valence-electron chi connectivity index (χ3n) is 4.95. The highest BCUT2D eigenvalue weighted by molar-refractivity contribution is 6.02. The SMILES string of the molecule is COc1cccc(/C=C(/C#N)C(=O)N[C@H](C)c2ccccc2)c1OCC(=O)Nc1ccccc1. The quantitative estimate of drug-likeness (QED) is 0.366. The average molecular weight is 456 g/mol. The van der Waals surface area contributed by atoms with Gasteiger partial charge in [-0.15, -0.1) is 0 Å². The molecule has 1 atom stereocenters. The molecule has 34 heavy (non-hydrogen) atoms. The van der Waals surface area contributed by atoms with Gasteiger partial charge in [0.25, 0.3) is 11.8 Å².